The summed E-state index contributed by atoms with van der Waals surface area (Å²) in [6.45, 7) is 0. The molecule has 140 valence electrons. The molecule has 1 aliphatic rings. The number of hydrogen-bond donors (Lipinski definition) is 3. The molecule has 1 aliphatic carbocycles. The Morgan fingerprint density at radius 1 is 1.04 bits per heavy atom. The number of rotatable bonds is 7. The van der Waals surface area contributed by atoms with Gasteiger partial charge in [0.15, 0.2) is 0 Å². The number of carbonyl (C=O) groups excluding carboxylic acids is 1. The number of nitrogens with one attached hydrogen (secondary N) is 2. The second-order valence-electron chi connectivity index (χ2n) is 6.14. The maximum absolute atomic E-state index is 12.6. The van der Waals surface area contributed by atoms with Gasteiger partial charge in [-0.3, -0.25) is 9.52 Å². The Labute approximate surface area is 156 Å². The number of sulfonamides is 1. The topological polar surface area (TPSA) is 113 Å². The van der Waals surface area contributed by atoms with E-state index >= 15 is 0 Å². The van der Waals surface area contributed by atoms with Gasteiger partial charge in [-0.1, -0.05) is 24.3 Å². The van der Waals surface area contributed by atoms with Crippen LogP contribution in [0.2, 0.25) is 0 Å². The van der Waals surface area contributed by atoms with Crippen molar-refractivity contribution in [2.75, 3.05) is 4.72 Å². The van der Waals surface area contributed by atoms with E-state index < -0.39 is 16.0 Å². The van der Waals surface area contributed by atoms with Gasteiger partial charge in [0.2, 0.25) is 0 Å². The molecule has 0 spiro atoms. The molecule has 0 radical (unpaired) electrons. The van der Waals surface area contributed by atoms with E-state index in [1.165, 1.54) is 36.4 Å². The van der Waals surface area contributed by atoms with Crippen LogP contribution in [0.25, 0.3) is 6.08 Å². The van der Waals surface area contributed by atoms with Crippen LogP contribution in [0.1, 0.15) is 28.8 Å². The summed E-state index contributed by atoms with van der Waals surface area (Å²) in [5.41, 5.74) is 1.01. The van der Waals surface area contributed by atoms with Crippen LogP contribution in [-0.4, -0.2) is 31.4 Å². The van der Waals surface area contributed by atoms with Crippen molar-refractivity contribution in [2.24, 2.45) is 0 Å². The van der Waals surface area contributed by atoms with Crippen molar-refractivity contribution in [3.8, 4) is 0 Å². The maximum Gasteiger partial charge on any atom is 0.328 e. The number of carbonyl (C=O) groups is 2. The Kier molecular flexibility index (Phi) is 5.27. The van der Waals surface area contributed by atoms with Crippen molar-refractivity contribution in [3.63, 3.8) is 0 Å². The molecule has 8 heteroatoms. The predicted molar refractivity (Wildman–Crippen MR) is 101 cm³/mol. The number of carboxylic acids is 1. The predicted octanol–water partition coefficient (Wildman–Crippen LogP) is 2.48. The molecular weight excluding hydrogens is 368 g/mol. The molecule has 1 amide bonds. The third-order valence-corrected chi connectivity index (χ3v) is 5.32. The molecule has 0 unspecified atom stereocenters. The molecule has 3 N–H and O–H groups in total. The van der Waals surface area contributed by atoms with Crippen LogP contribution in [0.4, 0.5) is 5.69 Å². The first-order chi connectivity index (χ1) is 12.8. The Balaban J connectivity index is 1.80. The Bertz CT molecular complexity index is 993. The van der Waals surface area contributed by atoms with E-state index in [1.807, 2.05) is 0 Å². The molecule has 2 aromatic carbocycles. The maximum atomic E-state index is 12.6. The SMILES string of the molecule is O=C(O)/C=C/c1ccc(S(=O)(=O)Nc2ccccc2C(=O)NC2CC2)cc1. The van der Waals surface area contributed by atoms with E-state index in [1.54, 1.807) is 18.2 Å². The summed E-state index contributed by atoms with van der Waals surface area (Å²) in [6, 6.07) is 12.3. The minimum Gasteiger partial charge on any atom is -0.478 e. The number of hydrogen-bond acceptors (Lipinski definition) is 4. The van der Waals surface area contributed by atoms with Crippen molar-refractivity contribution in [2.45, 2.75) is 23.8 Å². The highest BCUT2D eigenvalue weighted by Gasteiger charge is 2.25. The summed E-state index contributed by atoms with van der Waals surface area (Å²) in [5.74, 6) is -1.40. The normalized spacial score (nSPS) is 14.1. The van der Waals surface area contributed by atoms with E-state index in [-0.39, 0.29) is 28.1 Å². The molecule has 0 saturated heterocycles. The van der Waals surface area contributed by atoms with Gasteiger partial charge >= 0.3 is 5.97 Å². The van der Waals surface area contributed by atoms with Gasteiger partial charge < -0.3 is 10.4 Å². The van der Waals surface area contributed by atoms with Gasteiger partial charge in [-0.25, -0.2) is 13.2 Å². The monoisotopic (exact) mass is 386 g/mol. The molecule has 0 heterocycles. The van der Waals surface area contributed by atoms with Crippen molar-refractivity contribution in [3.05, 3.63) is 65.7 Å². The van der Waals surface area contributed by atoms with Gasteiger partial charge in [-0.05, 0) is 48.7 Å². The molecule has 2 aromatic rings. The first-order valence-corrected chi connectivity index (χ1v) is 9.77. The fourth-order valence-corrected chi connectivity index (χ4v) is 3.47. The van der Waals surface area contributed by atoms with E-state index in [0.29, 0.717) is 5.56 Å². The smallest absolute Gasteiger partial charge is 0.328 e. The van der Waals surface area contributed by atoms with Gasteiger partial charge in [0.05, 0.1) is 16.1 Å². The van der Waals surface area contributed by atoms with Gasteiger partial charge in [0, 0.05) is 12.1 Å². The fourth-order valence-electron chi connectivity index (χ4n) is 2.39. The second-order valence-corrected chi connectivity index (χ2v) is 7.82. The summed E-state index contributed by atoms with van der Waals surface area (Å²) in [7, 11) is -3.90. The quantitative estimate of drug-likeness (QED) is 0.633. The molecule has 1 fully saturated rings. The van der Waals surface area contributed by atoms with Crippen LogP contribution in [0, 0.1) is 0 Å². The molecule has 1 saturated carbocycles. The highest BCUT2D eigenvalue weighted by Crippen LogP contribution is 2.23. The first-order valence-electron chi connectivity index (χ1n) is 8.29. The lowest BCUT2D eigenvalue weighted by Gasteiger charge is -2.12. The minimum absolute atomic E-state index is 0.00683. The Hall–Kier alpha value is -3.13. The number of benzene rings is 2. The molecule has 0 bridgehead atoms. The zero-order chi connectivity index (χ0) is 19.4. The fraction of sp³-hybridized carbons (Fsp3) is 0.158. The first kappa shape index (κ1) is 18.7. The van der Waals surface area contributed by atoms with Crippen molar-refractivity contribution >= 4 is 33.7 Å². The third kappa shape index (κ3) is 4.95. The van der Waals surface area contributed by atoms with E-state index in [4.69, 9.17) is 5.11 Å². The highest BCUT2D eigenvalue weighted by atomic mass is 32.2. The van der Waals surface area contributed by atoms with Crippen LogP contribution in [0.5, 0.6) is 0 Å². The van der Waals surface area contributed by atoms with Crippen molar-refractivity contribution in [1.29, 1.82) is 0 Å². The molecule has 7 nitrogen and oxygen atoms in total. The van der Waals surface area contributed by atoms with Crippen LogP contribution in [-0.2, 0) is 14.8 Å². The summed E-state index contributed by atoms with van der Waals surface area (Å²) < 4.78 is 27.7. The lowest BCUT2D eigenvalue weighted by molar-refractivity contribution is -0.131. The lowest BCUT2D eigenvalue weighted by atomic mass is 10.1. The molecule has 0 aromatic heterocycles. The van der Waals surface area contributed by atoms with E-state index in [2.05, 4.69) is 10.0 Å². The largest absolute Gasteiger partial charge is 0.478 e. The third-order valence-electron chi connectivity index (χ3n) is 3.94. The number of amides is 1. The van der Waals surface area contributed by atoms with Gasteiger partial charge in [0.1, 0.15) is 0 Å². The number of para-hydroxylation sites is 1. The molecular formula is C19H18N2O5S. The lowest BCUT2D eigenvalue weighted by Crippen LogP contribution is -2.27. The Morgan fingerprint density at radius 2 is 1.70 bits per heavy atom. The Morgan fingerprint density at radius 3 is 2.33 bits per heavy atom. The molecule has 3 rings (SSSR count). The van der Waals surface area contributed by atoms with Crippen LogP contribution in [0.15, 0.2) is 59.5 Å². The average molecular weight is 386 g/mol. The average Bonchev–Trinajstić information content (AvgIpc) is 3.44. The van der Waals surface area contributed by atoms with Crippen LogP contribution in [0.3, 0.4) is 0 Å². The summed E-state index contributed by atoms with van der Waals surface area (Å²) in [6.07, 6.45) is 4.20. The summed E-state index contributed by atoms with van der Waals surface area (Å²) in [5, 5.41) is 11.5. The standard InChI is InChI=1S/C19H18N2O5S/c22-18(23)12-7-13-5-10-15(11-6-13)27(25,26)21-17-4-2-1-3-16(17)19(24)20-14-8-9-14/h1-7,10-12,14,21H,8-9H2,(H,20,24)(H,22,23)/b12-7+. The zero-order valence-corrected chi connectivity index (χ0v) is 15.1. The van der Waals surface area contributed by atoms with Crippen LogP contribution >= 0.6 is 0 Å². The van der Waals surface area contributed by atoms with Crippen LogP contribution < -0.4 is 10.0 Å². The van der Waals surface area contributed by atoms with Crippen molar-refractivity contribution in [1.82, 2.24) is 5.32 Å². The zero-order valence-electron chi connectivity index (χ0n) is 14.3. The molecule has 0 atom stereocenters. The van der Waals surface area contributed by atoms with Gasteiger partial charge in [-0.15, -0.1) is 0 Å². The highest BCUT2D eigenvalue weighted by molar-refractivity contribution is 7.92. The van der Waals surface area contributed by atoms with E-state index in [0.717, 1.165) is 18.9 Å². The number of carboxylic acid groups (broad SMARTS) is 1. The minimum atomic E-state index is -3.90. The second kappa shape index (κ2) is 7.63. The molecule has 27 heavy (non-hydrogen) atoms. The molecule has 0 aliphatic heterocycles. The van der Waals surface area contributed by atoms with Gasteiger partial charge in [0.25, 0.3) is 15.9 Å². The summed E-state index contributed by atoms with van der Waals surface area (Å²) in [4.78, 5) is 22.8. The van der Waals surface area contributed by atoms with E-state index in [9.17, 15) is 18.0 Å². The summed E-state index contributed by atoms with van der Waals surface area (Å²) >= 11 is 0. The number of anilines is 1. The number of aliphatic carboxylic acids is 1. The van der Waals surface area contributed by atoms with Crippen molar-refractivity contribution < 1.29 is 23.1 Å². The van der Waals surface area contributed by atoms with Gasteiger partial charge in [-0.2, -0.15) is 0 Å².